The maximum Gasteiger partial charge on any atom is 0.251 e. The maximum absolute atomic E-state index is 12.2. The van der Waals surface area contributed by atoms with E-state index in [4.69, 9.17) is 10.5 Å². The molecule has 3 N–H and O–H groups in total. The number of nitrogens with two attached hydrogens (primary N) is 1. The van der Waals surface area contributed by atoms with Crippen LogP contribution in [0.15, 0.2) is 18.2 Å². The van der Waals surface area contributed by atoms with E-state index in [1.165, 1.54) is 0 Å². The molecule has 1 rings (SSSR count). The maximum atomic E-state index is 12.2. The van der Waals surface area contributed by atoms with Crippen LogP contribution < -0.4 is 11.1 Å². The smallest absolute Gasteiger partial charge is 0.251 e. The van der Waals surface area contributed by atoms with Crippen molar-refractivity contribution < 1.29 is 9.53 Å². The molecule has 5 heteroatoms. The van der Waals surface area contributed by atoms with Crippen LogP contribution in [-0.4, -0.2) is 24.7 Å². The average Bonchev–Trinajstić information content (AvgIpc) is 2.31. The largest absolute Gasteiger partial charge is 0.399 e. The molecule has 4 nitrogen and oxygen atoms in total. The van der Waals surface area contributed by atoms with Gasteiger partial charge >= 0.3 is 0 Å². The van der Waals surface area contributed by atoms with Gasteiger partial charge in [-0.05, 0) is 51.8 Å². The molecule has 0 heterocycles. The van der Waals surface area contributed by atoms with E-state index in [2.05, 4.69) is 5.32 Å². The summed E-state index contributed by atoms with van der Waals surface area (Å²) in [5.74, 6) is -0.0933. The van der Waals surface area contributed by atoms with Gasteiger partial charge in [0.2, 0.25) is 0 Å². The number of amides is 1. The first kappa shape index (κ1) is 18.7. The summed E-state index contributed by atoms with van der Waals surface area (Å²) in [7, 11) is 1.68. The summed E-state index contributed by atoms with van der Waals surface area (Å²) in [6.07, 6.45) is 0.747. The Kier molecular flexibility index (Phi) is 7.03. The Morgan fingerprint density at radius 2 is 2.05 bits per heavy atom. The molecule has 114 valence electrons. The molecule has 0 aliphatic heterocycles. The first-order chi connectivity index (χ1) is 8.75. The van der Waals surface area contributed by atoms with E-state index < -0.39 is 0 Å². The standard InChI is InChI=1S/C15H24N2O2.ClH/c1-10-6-7-12(16)8-13(10)14(18)17-11(2)9-15(3,4)19-5;/h6-8,11H,9,16H2,1-5H3,(H,17,18);1H. The zero-order valence-corrected chi connectivity index (χ0v) is 13.6. The van der Waals surface area contributed by atoms with Crippen LogP contribution in [0.2, 0.25) is 0 Å². The van der Waals surface area contributed by atoms with Crippen LogP contribution in [0.5, 0.6) is 0 Å². The molecule has 0 aliphatic rings. The molecular weight excluding hydrogens is 276 g/mol. The predicted molar refractivity (Wildman–Crippen MR) is 85.5 cm³/mol. The third kappa shape index (κ3) is 5.39. The van der Waals surface area contributed by atoms with E-state index >= 15 is 0 Å². The van der Waals surface area contributed by atoms with Crippen molar-refractivity contribution in [1.29, 1.82) is 0 Å². The summed E-state index contributed by atoms with van der Waals surface area (Å²) in [5, 5.41) is 2.98. The summed E-state index contributed by atoms with van der Waals surface area (Å²) in [6.45, 7) is 7.88. The average molecular weight is 301 g/mol. The lowest BCUT2D eigenvalue weighted by Crippen LogP contribution is -2.39. The van der Waals surface area contributed by atoms with E-state index in [-0.39, 0.29) is 30.0 Å². The van der Waals surface area contributed by atoms with Crippen LogP contribution >= 0.6 is 12.4 Å². The van der Waals surface area contributed by atoms with E-state index in [1.54, 1.807) is 19.2 Å². The fourth-order valence-electron chi connectivity index (χ4n) is 2.06. The highest BCUT2D eigenvalue weighted by Gasteiger charge is 2.22. The molecule has 0 saturated carbocycles. The van der Waals surface area contributed by atoms with Crippen molar-refractivity contribution in [3.8, 4) is 0 Å². The number of benzene rings is 1. The SMILES string of the molecule is COC(C)(C)CC(C)NC(=O)c1cc(N)ccc1C.Cl. The van der Waals surface area contributed by atoms with Crippen LogP contribution in [0, 0.1) is 6.92 Å². The van der Waals surface area contributed by atoms with Gasteiger partial charge in [0.15, 0.2) is 0 Å². The van der Waals surface area contributed by atoms with E-state index in [9.17, 15) is 4.79 Å². The quantitative estimate of drug-likeness (QED) is 0.822. The van der Waals surface area contributed by atoms with E-state index in [0.717, 1.165) is 12.0 Å². The zero-order chi connectivity index (χ0) is 14.6. The van der Waals surface area contributed by atoms with Crippen molar-refractivity contribution in [2.24, 2.45) is 0 Å². The second-order valence-corrected chi connectivity index (χ2v) is 5.62. The topological polar surface area (TPSA) is 64.3 Å². The first-order valence-electron chi connectivity index (χ1n) is 6.47. The molecule has 1 aromatic carbocycles. The minimum absolute atomic E-state index is 0. The summed E-state index contributed by atoms with van der Waals surface area (Å²) in [4.78, 5) is 12.2. The van der Waals surface area contributed by atoms with Crippen LogP contribution in [-0.2, 0) is 4.74 Å². The molecule has 20 heavy (non-hydrogen) atoms. The second-order valence-electron chi connectivity index (χ2n) is 5.62. The van der Waals surface area contributed by atoms with Gasteiger partial charge in [0.05, 0.1) is 5.60 Å². The lowest BCUT2D eigenvalue weighted by atomic mass is 9.99. The number of ether oxygens (including phenoxy) is 1. The Hall–Kier alpha value is -1.26. The van der Waals surface area contributed by atoms with Gasteiger partial charge in [-0.3, -0.25) is 4.79 Å². The Balaban J connectivity index is 0.00000361. The van der Waals surface area contributed by atoms with Crippen molar-refractivity contribution >= 4 is 24.0 Å². The van der Waals surface area contributed by atoms with Crippen molar-refractivity contribution in [1.82, 2.24) is 5.32 Å². The molecule has 1 aromatic rings. The van der Waals surface area contributed by atoms with Gasteiger partial charge in [0, 0.05) is 24.4 Å². The van der Waals surface area contributed by atoms with Gasteiger partial charge in [0.25, 0.3) is 5.91 Å². The molecule has 0 spiro atoms. The number of hydrogen-bond acceptors (Lipinski definition) is 3. The van der Waals surface area contributed by atoms with Gasteiger partial charge in [-0.25, -0.2) is 0 Å². The highest BCUT2D eigenvalue weighted by atomic mass is 35.5. The third-order valence-corrected chi connectivity index (χ3v) is 3.23. The van der Waals surface area contributed by atoms with Crippen LogP contribution in [0.4, 0.5) is 5.69 Å². The Morgan fingerprint density at radius 3 is 2.60 bits per heavy atom. The van der Waals surface area contributed by atoms with E-state index in [1.807, 2.05) is 33.8 Å². The highest BCUT2D eigenvalue weighted by Crippen LogP contribution is 2.17. The van der Waals surface area contributed by atoms with Crippen molar-refractivity contribution in [3.05, 3.63) is 29.3 Å². The molecule has 1 unspecified atom stereocenters. The molecular formula is C15H25ClN2O2. The highest BCUT2D eigenvalue weighted by molar-refractivity contribution is 5.96. The summed E-state index contributed by atoms with van der Waals surface area (Å²) in [5.41, 5.74) is 7.61. The first-order valence-corrected chi connectivity index (χ1v) is 6.47. The van der Waals surface area contributed by atoms with E-state index in [0.29, 0.717) is 11.3 Å². The Labute approximate surface area is 127 Å². The molecule has 0 saturated heterocycles. The van der Waals surface area contributed by atoms with Crippen molar-refractivity contribution in [2.45, 2.75) is 45.8 Å². The van der Waals surface area contributed by atoms with Crippen LogP contribution in [0.3, 0.4) is 0 Å². The van der Waals surface area contributed by atoms with Crippen molar-refractivity contribution in [3.63, 3.8) is 0 Å². The minimum atomic E-state index is -0.253. The number of carbonyl (C=O) groups is 1. The predicted octanol–water partition coefficient (Wildman–Crippen LogP) is 2.93. The number of halogens is 1. The number of methoxy groups -OCH3 is 1. The number of nitrogen functional groups attached to an aromatic ring is 1. The molecule has 0 radical (unpaired) electrons. The van der Waals surface area contributed by atoms with Gasteiger partial charge < -0.3 is 15.8 Å². The Morgan fingerprint density at radius 1 is 1.45 bits per heavy atom. The number of anilines is 1. The van der Waals surface area contributed by atoms with Gasteiger partial charge in [-0.15, -0.1) is 12.4 Å². The lowest BCUT2D eigenvalue weighted by molar-refractivity contribution is 0.00885. The number of aryl methyl sites for hydroxylation is 1. The molecule has 0 aromatic heterocycles. The molecule has 1 amide bonds. The van der Waals surface area contributed by atoms with Gasteiger partial charge in [-0.1, -0.05) is 6.07 Å². The normalized spacial score (nSPS) is 12.4. The second kappa shape index (κ2) is 7.50. The number of rotatable bonds is 5. The summed E-state index contributed by atoms with van der Waals surface area (Å²) < 4.78 is 5.37. The summed E-state index contributed by atoms with van der Waals surface area (Å²) in [6, 6.07) is 5.39. The number of hydrogen-bond donors (Lipinski definition) is 2. The van der Waals surface area contributed by atoms with Crippen LogP contribution in [0.25, 0.3) is 0 Å². The molecule has 0 fully saturated rings. The summed E-state index contributed by atoms with van der Waals surface area (Å²) >= 11 is 0. The molecule has 0 aliphatic carbocycles. The Bertz CT molecular complexity index is 461. The van der Waals surface area contributed by atoms with Gasteiger partial charge in [-0.2, -0.15) is 0 Å². The zero-order valence-electron chi connectivity index (χ0n) is 12.8. The lowest BCUT2D eigenvalue weighted by Gasteiger charge is -2.27. The number of nitrogens with one attached hydrogen (secondary N) is 1. The molecule has 1 atom stereocenters. The monoisotopic (exact) mass is 300 g/mol. The van der Waals surface area contributed by atoms with Crippen molar-refractivity contribution in [2.75, 3.05) is 12.8 Å². The van der Waals surface area contributed by atoms with Gasteiger partial charge in [0.1, 0.15) is 0 Å². The minimum Gasteiger partial charge on any atom is -0.399 e. The molecule has 0 bridgehead atoms. The van der Waals surface area contributed by atoms with Crippen LogP contribution in [0.1, 0.15) is 43.1 Å². The number of carbonyl (C=O) groups excluding carboxylic acids is 1. The fourth-order valence-corrected chi connectivity index (χ4v) is 2.06. The fraction of sp³-hybridized carbons (Fsp3) is 0.533. The third-order valence-electron chi connectivity index (χ3n) is 3.23.